The number of aromatic nitrogens is 4. The summed E-state index contributed by atoms with van der Waals surface area (Å²) < 4.78 is 5.29. The maximum absolute atomic E-state index is 12.2. The molecule has 5 nitrogen and oxygen atoms in total. The Bertz CT molecular complexity index is 638. The van der Waals surface area contributed by atoms with Crippen molar-refractivity contribution in [3.8, 4) is 0 Å². The van der Waals surface area contributed by atoms with Crippen molar-refractivity contribution in [3.63, 3.8) is 0 Å². The molecule has 0 aromatic carbocycles. The van der Waals surface area contributed by atoms with E-state index < -0.39 is 0 Å². The first-order valence-electron chi connectivity index (χ1n) is 7.11. The van der Waals surface area contributed by atoms with Crippen molar-refractivity contribution in [1.29, 1.82) is 0 Å². The molecular weight excluding hydrogens is 276 g/mol. The zero-order valence-electron chi connectivity index (χ0n) is 12.3. The molecule has 0 fully saturated rings. The lowest BCUT2D eigenvalue weighted by Gasteiger charge is -2.05. The van der Waals surface area contributed by atoms with Crippen molar-refractivity contribution in [2.45, 2.75) is 53.2 Å². The SMILES string of the molecule is CCCn1ccn(Cc2c(Cl)c(CC)nn2CC)c1=O. The Morgan fingerprint density at radius 2 is 1.90 bits per heavy atom. The number of hydrogen-bond acceptors (Lipinski definition) is 2. The third kappa shape index (κ3) is 2.68. The van der Waals surface area contributed by atoms with Crippen molar-refractivity contribution >= 4 is 11.6 Å². The van der Waals surface area contributed by atoms with Gasteiger partial charge < -0.3 is 0 Å². The molecule has 0 radical (unpaired) electrons. The highest BCUT2D eigenvalue weighted by atomic mass is 35.5. The van der Waals surface area contributed by atoms with Gasteiger partial charge in [-0.1, -0.05) is 25.4 Å². The summed E-state index contributed by atoms with van der Waals surface area (Å²) >= 11 is 6.37. The van der Waals surface area contributed by atoms with Crippen LogP contribution < -0.4 is 5.69 Å². The molecule has 0 amide bonds. The molecule has 0 spiro atoms. The predicted molar refractivity (Wildman–Crippen MR) is 80.4 cm³/mol. The highest BCUT2D eigenvalue weighted by Crippen LogP contribution is 2.22. The molecule has 0 bridgehead atoms. The second kappa shape index (κ2) is 6.31. The summed E-state index contributed by atoms with van der Waals surface area (Å²) in [6.45, 7) is 8.07. The van der Waals surface area contributed by atoms with E-state index in [1.807, 2.05) is 30.9 Å². The van der Waals surface area contributed by atoms with E-state index in [1.54, 1.807) is 9.13 Å². The van der Waals surface area contributed by atoms with Crippen LogP contribution in [0, 0.1) is 0 Å². The second-order valence-electron chi connectivity index (χ2n) is 4.78. The van der Waals surface area contributed by atoms with Crippen LogP contribution in [-0.2, 0) is 26.1 Å². The molecule has 2 aromatic rings. The van der Waals surface area contributed by atoms with Gasteiger partial charge in [0.1, 0.15) is 0 Å². The molecule has 0 aliphatic carbocycles. The second-order valence-corrected chi connectivity index (χ2v) is 5.16. The molecule has 0 aliphatic heterocycles. The molecule has 110 valence electrons. The van der Waals surface area contributed by atoms with E-state index >= 15 is 0 Å². The van der Waals surface area contributed by atoms with E-state index in [-0.39, 0.29) is 5.69 Å². The van der Waals surface area contributed by atoms with Crippen LogP contribution in [0.5, 0.6) is 0 Å². The average Bonchev–Trinajstić information content (AvgIpc) is 2.94. The van der Waals surface area contributed by atoms with E-state index in [4.69, 9.17) is 11.6 Å². The highest BCUT2D eigenvalue weighted by Gasteiger charge is 2.15. The van der Waals surface area contributed by atoms with Crippen LogP contribution >= 0.6 is 11.6 Å². The largest absolute Gasteiger partial charge is 0.328 e. The maximum Gasteiger partial charge on any atom is 0.328 e. The molecule has 20 heavy (non-hydrogen) atoms. The van der Waals surface area contributed by atoms with Gasteiger partial charge in [-0.15, -0.1) is 0 Å². The van der Waals surface area contributed by atoms with Gasteiger partial charge in [-0.25, -0.2) is 4.79 Å². The first-order valence-corrected chi connectivity index (χ1v) is 7.49. The number of imidazole rings is 1. The lowest BCUT2D eigenvalue weighted by molar-refractivity contribution is 0.576. The quantitative estimate of drug-likeness (QED) is 0.822. The molecule has 0 N–H and O–H groups in total. The van der Waals surface area contributed by atoms with Crippen molar-refractivity contribution in [2.75, 3.05) is 0 Å². The van der Waals surface area contributed by atoms with Crippen LogP contribution in [0.2, 0.25) is 5.02 Å². The van der Waals surface area contributed by atoms with Gasteiger partial charge in [-0.2, -0.15) is 5.10 Å². The Kier molecular flexibility index (Phi) is 4.70. The van der Waals surface area contributed by atoms with Gasteiger partial charge in [0.05, 0.1) is 23.0 Å². The highest BCUT2D eigenvalue weighted by molar-refractivity contribution is 6.31. The average molecular weight is 297 g/mol. The van der Waals surface area contributed by atoms with E-state index in [2.05, 4.69) is 12.0 Å². The monoisotopic (exact) mass is 296 g/mol. The van der Waals surface area contributed by atoms with Gasteiger partial charge in [0.25, 0.3) is 0 Å². The van der Waals surface area contributed by atoms with Crippen LogP contribution in [0.15, 0.2) is 17.2 Å². The van der Waals surface area contributed by atoms with Gasteiger partial charge in [0, 0.05) is 25.5 Å². The van der Waals surface area contributed by atoms with Crippen molar-refractivity contribution < 1.29 is 0 Å². The number of aryl methyl sites for hydroxylation is 3. The minimum atomic E-state index is 0.00446. The predicted octanol–water partition coefficient (Wildman–Crippen LogP) is 2.54. The summed E-state index contributed by atoms with van der Waals surface area (Å²) in [5, 5.41) is 5.16. The van der Waals surface area contributed by atoms with E-state index in [0.29, 0.717) is 11.6 Å². The molecule has 0 unspecified atom stereocenters. The molecule has 0 saturated heterocycles. The Morgan fingerprint density at radius 3 is 2.50 bits per heavy atom. The van der Waals surface area contributed by atoms with Gasteiger partial charge >= 0.3 is 5.69 Å². The molecule has 2 heterocycles. The summed E-state index contributed by atoms with van der Waals surface area (Å²) in [4.78, 5) is 12.2. The zero-order valence-corrected chi connectivity index (χ0v) is 13.0. The molecule has 2 rings (SSSR count). The first kappa shape index (κ1) is 14.9. The molecule has 2 aromatic heterocycles. The number of rotatable bonds is 6. The fraction of sp³-hybridized carbons (Fsp3) is 0.571. The molecule has 0 saturated carbocycles. The van der Waals surface area contributed by atoms with E-state index in [9.17, 15) is 4.79 Å². The standard InChI is InChI=1S/C14H21ClN4O/c1-4-7-17-8-9-18(14(17)20)10-12-13(15)11(5-2)16-19(12)6-3/h8-9H,4-7,10H2,1-3H3. The first-order chi connectivity index (χ1) is 9.62. The van der Waals surface area contributed by atoms with Crippen LogP contribution in [0.3, 0.4) is 0 Å². The number of halogens is 1. The van der Waals surface area contributed by atoms with Crippen LogP contribution in [0.4, 0.5) is 0 Å². The Hall–Kier alpha value is -1.49. The summed E-state index contributed by atoms with van der Waals surface area (Å²) in [6, 6.07) is 0. The minimum absolute atomic E-state index is 0.00446. The van der Waals surface area contributed by atoms with Gasteiger partial charge in [0.2, 0.25) is 0 Å². The third-order valence-corrected chi connectivity index (χ3v) is 3.83. The fourth-order valence-electron chi connectivity index (χ4n) is 2.31. The summed E-state index contributed by atoms with van der Waals surface area (Å²) in [7, 11) is 0. The lowest BCUT2D eigenvalue weighted by Crippen LogP contribution is -2.25. The number of hydrogen-bond donors (Lipinski definition) is 0. The normalized spacial score (nSPS) is 11.2. The Balaban J connectivity index is 2.35. The van der Waals surface area contributed by atoms with Crippen molar-refractivity contribution in [2.24, 2.45) is 0 Å². The van der Waals surface area contributed by atoms with Crippen molar-refractivity contribution in [1.82, 2.24) is 18.9 Å². The smallest absolute Gasteiger partial charge is 0.299 e. The maximum atomic E-state index is 12.2. The summed E-state index contributed by atoms with van der Waals surface area (Å²) in [5.74, 6) is 0. The molecule has 6 heteroatoms. The summed E-state index contributed by atoms with van der Waals surface area (Å²) in [5.41, 5.74) is 1.80. The number of nitrogens with zero attached hydrogens (tertiary/aromatic N) is 4. The molecule has 0 aliphatic rings. The van der Waals surface area contributed by atoms with Gasteiger partial charge in [-0.3, -0.25) is 13.8 Å². The Labute approximate surface area is 123 Å². The fourth-order valence-corrected chi connectivity index (χ4v) is 2.64. The lowest BCUT2D eigenvalue weighted by atomic mass is 10.3. The zero-order chi connectivity index (χ0) is 14.7. The molecular formula is C14H21ClN4O. The molecule has 0 atom stereocenters. The van der Waals surface area contributed by atoms with Crippen LogP contribution in [0.1, 0.15) is 38.6 Å². The third-order valence-electron chi connectivity index (χ3n) is 3.40. The van der Waals surface area contributed by atoms with Crippen LogP contribution in [-0.4, -0.2) is 18.9 Å². The summed E-state index contributed by atoms with van der Waals surface area (Å²) in [6.07, 6.45) is 5.38. The Morgan fingerprint density at radius 1 is 1.20 bits per heavy atom. The van der Waals surface area contributed by atoms with Crippen LogP contribution in [0.25, 0.3) is 0 Å². The topological polar surface area (TPSA) is 44.8 Å². The minimum Gasteiger partial charge on any atom is -0.299 e. The van der Waals surface area contributed by atoms with Gasteiger partial charge in [0.15, 0.2) is 0 Å². The van der Waals surface area contributed by atoms with Gasteiger partial charge in [-0.05, 0) is 19.8 Å². The van der Waals surface area contributed by atoms with E-state index in [1.165, 1.54) is 0 Å². The van der Waals surface area contributed by atoms with E-state index in [0.717, 1.165) is 37.3 Å². The van der Waals surface area contributed by atoms with Crippen molar-refractivity contribution in [3.05, 3.63) is 39.3 Å².